The van der Waals surface area contributed by atoms with Gasteiger partial charge in [0.2, 0.25) is 0 Å². The van der Waals surface area contributed by atoms with Crippen molar-refractivity contribution in [2.45, 2.75) is 30.1 Å². The maximum Gasteiger partial charge on any atom is 0.186 e. The van der Waals surface area contributed by atoms with E-state index < -0.39 is 10.8 Å². The van der Waals surface area contributed by atoms with Crippen molar-refractivity contribution in [1.82, 2.24) is 15.0 Å². The average Bonchev–Trinajstić information content (AvgIpc) is 3.09. The lowest BCUT2D eigenvalue weighted by molar-refractivity contribution is 0.319. The maximum absolute atomic E-state index is 12.4. The molecule has 142 valence electrons. The first-order valence-corrected chi connectivity index (χ1v) is 10.9. The zero-order valence-corrected chi connectivity index (χ0v) is 16.4. The van der Waals surface area contributed by atoms with Crippen LogP contribution in [0.15, 0.2) is 17.3 Å². The minimum absolute atomic E-state index is 0.329. The van der Waals surface area contributed by atoms with E-state index in [0.717, 1.165) is 72.6 Å². The van der Waals surface area contributed by atoms with Crippen LogP contribution in [0.1, 0.15) is 30.3 Å². The van der Waals surface area contributed by atoms with Crippen molar-refractivity contribution in [2.24, 2.45) is 0 Å². The Morgan fingerprint density at radius 1 is 1.26 bits per heavy atom. The first kappa shape index (κ1) is 17.2. The van der Waals surface area contributed by atoms with Crippen LogP contribution in [0.4, 0.5) is 11.5 Å². The number of aromatic nitrogens is 3. The van der Waals surface area contributed by atoms with Gasteiger partial charge in [0, 0.05) is 50.1 Å². The van der Waals surface area contributed by atoms with Crippen molar-refractivity contribution in [3.05, 3.63) is 28.9 Å². The van der Waals surface area contributed by atoms with Crippen molar-refractivity contribution >= 4 is 33.9 Å². The molecule has 5 rings (SSSR count). The number of hydrogen-bond donors (Lipinski definition) is 1. The predicted molar refractivity (Wildman–Crippen MR) is 104 cm³/mol. The number of halogens is 1. The molecule has 2 aromatic heterocycles. The lowest BCUT2D eigenvalue weighted by atomic mass is 9.96. The SMILES string of the molecule is O=[S@]1CCc2nc(N3CCC(c4ncc(Cl)cn4)CC3)c3c(c21)NCCO3. The maximum atomic E-state index is 12.4. The zero-order valence-electron chi connectivity index (χ0n) is 14.8. The van der Waals surface area contributed by atoms with E-state index in [2.05, 4.69) is 20.2 Å². The minimum Gasteiger partial charge on any atom is -0.486 e. The third-order valence-electron chi connectivity index (χ3n) is 5.36. The number of fused-ring (bicyclic) bond motifs is 3. The van der Waals surface area contributed by atoms with E-state index in [1.807, 2.05) is 0 Å². The fraction of sp³-hybridized carbons (Fsp3) is 0.500. The van der Waals surface area contributed by atoms with E-state index in [4.69, 9.17) is 21.3 Å². The Morgan fingerprint density at radius 2 is 2.04 bits per heavy atom. The van der Waals surface area contributed by atoms with Crippen LogP contribution in [0.25, 0.3) is 0 Å². The minimum atomic E-state index is -0.984. The Bertz CT molecular complexity index is 900. The molecule has 1 fully saturated rings. The monoisotopic (exact) mass is 405 g/mol. The molecule has 2 aromatic rings. The Kier molecular flexibility index (Phi) is 4.40. The highest BCUT2D eigenvalue weighted by atomic mass is 35.5. The molecular weight excluding hydrogens is 386 g/mol. The van der Waals surface area contributed by atoms with Crippen LogP contribution in [0.5, 0.6) is 5.75 Å². The summed E-state index contributed by atoms with van der Waals surface area (Å²) in [5, 5.41) is 3.96. The first-order chi connectivity index (χ1) is 13.2. The van der Waals surface area contributed by atoms with Crippen molar-refractivity contribution < 1.29 is 8.95 Å². The summed E-state index contributed by atoms with van der Waals surface area (Å²) in [4.78, 5) is 16.8. The highest BCUT2D eigenvalue weighted by Gasteiger charge is 2.33. The number of aryl methyl sites for hydroxylation is 1. The van der Waals surface area contributed by atoms with Crippen LogP contribution in [0, 0.1) is 0 Å². The summed E-state index contributed by atoms with van der Waals surface area (Å²) in [7, 11) is -0.984. The van der Waals surface area contributed by atoms with E-state index in [1.54, 1.807) is 12.4 Å². The lowest BCUT2D eigenvalue weighted by Crippen LogP contribution is -2.35. The van der Waals surface area contributed by atoms with E-state index in [1.165, 1.54) is 0 Å². The van der Waals surface area contributed by atoms with E-state index >= 15 is 0 Å². The van der Waals surface area contributed by atoms with Gasteiger partial charge in [-0.1, -0.05) is 11.6 Å². The smallest absolute Gasteiger partial charge is 0.186 e. The van der Waals surface area contributed by atoms with Gasteiger partial charge in [-0.2, -0.15) is 0 Å². The second-order valence-electron chi connectivity index (χ2n) is 7.01. The molecule has 7 nitrogen and oxygen atoms in total. The largest absolute Gasteiger partial charge is 0.486 e. The third-order valence-corrected chi connectivity index (χ3v) is 7.03. The molecule has 1 atom stereocenters. The van der Waals surface area contributed by atoms with Gasteiger partial charge < -0.3 is 15.0 Å². The van der Waals surface area contributed by atoms with Gasteiger partial charge in [-0.25, -0.2) is 15.0 Å². The molecule has 0 spiro atoms. The third kappa shape index (κ3) is 3.04. The quantitative estimate of drug-likeness (QED) is 0.821. The summed E-state index contributed by atoms with van der Waals surface area (Å²) in [6.45, 7) is 3.06. The van der Waals surface area contributed by atoms with Gasteiger partial charge in [-0.15, -0.1) is 0 Å². The summed E-state index contributed by atoms with van der Waals surface area (Å²) in [5.41, 5.74) is 1.84. The summed E-state index contributed by atoms with van der Waals surface area (Å²) < 4.78 is 18.4. The van der Waals surface area contributed by atoms with Crippen LogP contribution in [-0.4, -0.2) is 51.2 Å². The summed E-state index contributed by atoms with van der Waals surface area (Å²) in [6, 6.07) is 0. The average molecular weight is 406 g/mol. The highest BCUT2D eigenvalue weighted by Crippen LogP contribution is 2.45. The lowest BCUT2D eigenvalue weighted by Gasteiger charge is -2.34. The molecule has 9 heteroatoms. The second-order valence-corrected chi connectivity index (χ2v) is 8.96. The molecule has 1 saturated heterocycles. The molecule has 0 unspecified atom stereocenters. The van der Waals surface area contributed by atoms with Crippen LogP contribution in [-0.2, 0) is 17.2 Å². The van der Waals surface area contributed by atoms with Crippen molar-refractivity contribution in [3.63, 3.8) is 0 Å². The number of nitrogens with zero attached hydrogens (tertiary/aromatic N) is 4. The van der Waals surface area contributed by atoms with Crippen molar-refractivity contribution in [3.8, 4) is 5.75 Å². The number of anilines is 2. The summed E-state index contributed by atoms with van der Waals surface area (Å²) in [5.74, 6) is 3.48. The summed E-state index contributed by atoms with van der Waals surface area (Å²) >= 11 is 5.89. The molecule has 0 bridgehead atoms. The Morgan fingerprint density at radius 3 is 2.81 bits per heavy atom. The Balaban J connectivity index is 1.41. The Labute approximate surface area is 165 Å². The molecule has 3 aliphatic rings. The molecule has 1 N–H and O–H groups in total. The zero-order chi connectivity index (χ0) is 18.4. The number of rotatable bonds is 2. The normalized spacial score (nSPS) is 22.0. The van der Waals surface area contributed by atoms with Gasteiger partial charge in [0.05, 0.1) is 32.1 Å². The van der Waals surface area contributed by atoms with Gasteiger partial charge in [0.1, 0.15) is 12.4 Å². The standard InChI is InChI=1S/C18H20ClN5O2S/c19-12-9-21-17(22-10-12)11-1-5-24(6-2-11)18-15-14(20-4-7-26-15)16-13(23-18)3-8-27(16)25/h9-11,20H,1-8H2/t27-/m0/s1. The Hall–Kier alpha value is -1.93. The number of hydrogen-bond acceptors (Lipinski definition) is 7. The van der Waals surface area contributed by atoms with Gasteiger partial charge in [-0.05, 0) is 12.8 Å². The number of ether oxygens (including phenoxy) is 1. The summed E-state index contributed by atoms with van der Waals surface area (Å²) in [6.07, 6.45) is 5.99. The molecule has 3 aliphatic heterocycles. The van der Waals surface area contributed by atoms with Gasteiger partial charge in [0.15, 0.2) is 11.6 Å². The first-order valence-electron chi connectivity index (χ1n) is 9.25. The number of piperidine rings is 1. The number of pyridine rings is 1. The molecule has 0 aromatic carbocycles. The molecule has 0 radical (unpaired) electrons. The van der Waals surface area contributed by atoms with Crippen LogP contribution >= 0.6 is 11.6 Å². The van der Waals surface area contributed by atoms with Crippen molar-refractivity contribution in [1.29, 1.82) is 0 Å². The second kappa shape index (κ2) is 6.91. The molecule has 27 heavy (non-hydrogen) atoms. The topological polar surface area (TPSA) is 80.2 Å². The molecule has 0 amide bonds. The van der Waals surface area contributed by atoms with E-state index in [0.29, 0.717) is 23.3 Å². The number of nitrogens with one attached hydrogen (secondary N) is 1. The fourth-order valence-electron chi connectivity index (χ4n) is 4.02. The highest BCUT2D eigenvalue weighted by molar-refractivity contribution is 7.85. The van der Waals surface area contributed by atoms with Crippen LogP contribution in [0.2, 0.25) is 5.02 Å². The molecule has 0 aliphatic carbocycles. The molecule has 5 heterocycles. The fourth-order valence-corrected chi connectivity index (χ4v) is 5.50. The van der Waals surface area contributed by atoms with Crippen LogP contribution in [0.3, 0.4) is 0 Å². The van der Waals surface area contributed by atoms with Crippen molar-refractivity contribution in [2.75, 3.05) is 42.2 Å². The molecule has 0 saturated carbocycles. The van der Waals surface area contributed by atoms with Gasteiger partial charge in [-0.3, -0.25) is 4.21 Å². The van der Waals surface area contributed by atoms with E-state index in [-0.39, 0.29) is 0 Å². The van der Waals surface area contributed by atoms with Gasteiger partial charge in [0.25, 0.3) is 0 Å². The van der Waals surface area contributed by atoms with E-state index in [9.17, 15) is 4.21 Å². The molecular formula is C18H20ClN5O2S. The predicted octanol–water partition coefficient (Wildman–Crippen LogP) is 2.38. The van der Waals surface area contributed by atoms with Crippen LogP contribution < -0.4 is 15.0 Å². The van der Waals surface area contributed by atoms with Gasteiger partial charge >= 0.3 is 0 Å².